The topological polar surface area (TPSA) is 49.3 Å². The maximum Gasteiger partial charge on any atom is 0.228 e. The van der Waals surface area contributed by atoms with Gasteiger partial charge in [0.1, 0.15) is 5.82 Å². The molecule has 1 amide bonds. The van der Waals surface area contributed by atoms with Crippen LogP contribution in [0.2, 0.25) is 0 Å². The summed E-state index contributed by atoms with van der Waals surface area (Å²) in [6, 6.07) is 11.8. The SMILES string of the molecule is O=C1CC2(CCN(Cc3ccccn3)C2)CN1c1ccccn1. The largest absolute Gasteiger partial charge is 0.297 e. The van der Waals surface area contributed by atoms with Crippen LogP contribution in [0.4, 0.5) is 5.82 Å². The van der Waals surface area contributed by atoms with Crippen molar-refractivity contribution >= 4 is 11.7 Å². The molecular weight excluding hydrogens is 288 g/mol. The van der Waals surface area contributed by atoms with E-state index in [0.717, 1.165) is 44.1 Å². The number of rotatable bonds is 3. The van der Waals surface area contributed by atoms with Gasteiger partial charge in [0, 0.05) is 43.9 Å². The van der Waals surface area contributed by atoms with Gasteiger partial charge in [0.25, 0.3) is 0 Å². The smallest absolute Gasteiger partial charge is 0.228 e. The molecule has 23 heavy (non-hydrogen) atoms. The Bertz CT molecular complexity index is 691. The second-order valence-electron chi connectivity index (χ2n) is 6.63. The van der Waals surface area contributed by atoms with Crippen LogP contribution in [0, 0.1) is 5.41 Å². The zero-order chi connectivity index (χ0) is 15.7. The molecule has 1 atom stereocenters. The Morgan fingerprint density at radius 3 is 2.61 bits per heavy atom. The first-order valence-corrected chi connectivity index (χ1v) is 8.08. The maximum absolute atomic E-state index is 12.5. The van der Waals surface area contributed by atoms with E-state index in [1.165, 1.54) is 0 Å². The molecular formula is C18H20N4O. The van der Waals surface area contributed by atoms with Crippen molar-refractivity contribution in [2.75, 3.05) is 24.5 Å². The van der Waals surface area contributed by atoms with E-state index in [2.05, 4.69) is 20.9 Å². The minimum Gasteiger partial charge on any atom is -0.297 e. The predicted molar refractivity (Wildman–Crippen MR) is 87.8 cm³/mol. The van der Waals surface area contributed by atoms with E-state index in [-0.39, 0.29) is 11.3 Å². The van der Waals surface area contributed by atoms with E-state index >= 15 is 0 Å². The average molecular weight is 308 g/mol. The summed E-state index contributed by atoms with van der Waals surface area (Å²) in [5.74, 6) is 0.973. The summed E-state index contributed by atoms with van der Waals surface area (Å²) in [4.78, 5) is 25.5. The van der Waals surface area contributed by atoms with Crippen molar-refractivity contribution in [3.8, 4) is 0 Å². The summed E-state index contributed by atoms with van der Waals surface area (Å²) in [6.07, 6.45) is 5.27. The van der Waals surface area contributed by atoms with Crippen LogP contribution in [-0.2, 0) is 11.3 Å². The highest BCUT2D eigenvalue weighted by Gasteiger charge is 2.47. The van der Waals surface area contributed by atoms with Crippen LogP contribution in [-0.4, -0.2) is 40.4 Å². The molecule has 5 nitrogen and oxygen atoms in total. The van der Waals surface area contributed by atoms with E-state index in [1.54, 1.807) is 6.20 Å². The number of hydrogen-bond acceptors (Lipinski definition) is 4. The quantitative estimate of drug-likeness (QED) is 0.871. The molecule has 1 spiro atoms. The van der Waals surface area contributed by atoms with Crippen molar-refractivity contribution in [3.63, 3.8) is 0 Å². The lowest BCUT2D eigenvalue weighted by Crippen LogP contribution is -2.31. The number of anilines is 1. The molecule has 4 rings (SSSR count). The number of hydrogen-bond donors (Lipinski definition) is 0. The van der Waals surface area contributed by atoms with Crippen LogP contribution in [0.25, 0.3) is 0 Å². The Kier molecular flexibility index (Phi) is 3.58. The Labute approximate surface area is 136 Å². The first kappa shape index (κ1) is 14.3. The molecule has 2 aromatic rings. The van der Waals surface area contributed by atoms with Crippen molar-refractivity contribution < 1.29 is 4.79 Å². The minimum atomic E-state index is 0.0728. The van der Waals surface area contributed by atoms with Gasteiger partial charge in [-0.15, -0.1) is 0 Å². The highest BCUT2D eigenvalue weighted by molar-refractivity contribution is 5.95. The fraction of sp³-hybridized carbons (Fsp3) is 0.389. The monoisotopic (exact) mass is 308 g/mol. The van der Waals surface area contributed by atoms with Gasteiger partial charge in [0.05, 0.1) is 5.69 Å². The number of carbonyl (C=O) groups excluding carboxylic acids is 1. The van der Waals surface area contributed by atoms with E-state index in [0.29, 0.717) is 6.42 Å². The second kappa shape index (κ2) is 5.74. The molecule has 0 N–H and O–H groups in total. The van der Waals surface area contributed by atoms with Gasteiger partial charge in [0.15, 0.2) is 0 Å². The Morgan fingerprint density at radius 1 is 1.04 bits per heavy atom. The van der Waals surface area contributed by atoms with Crippen molar-refractivity contribution in [2.24, 2.45) is 5.41 Å². The first-order chi connectivity index (χ1) is 11.2. The summed E-state index contributed by atoms with van der Waals surface area (Å²) in [6.45, 7) is 3.63. The lowest BCUT2D eigenvalue weighted by atomic mass is 9.86. The molecule has 0 aromatic carbocycles. The molecule has 2 saturated heterocycles. The molecule has 2 aliphatic heterocycles. The van der Waals surface area contributed by atoms with Crippen LogP contribution in [0.15, 0.2) is 48.8 Å². The minimum absolute atomic E-state index is 0.0728. The first-order valence-electron chi connectivity index (χ1n) is 8.08. The van der Waals surface area contributed by atoms with Gasteiger partial charge in [-0.05, 0) is 37.2 Å². The fourth-order valence-corrected chi connectivity index (χ4v) is 3.77. The van der Waals surface area contributed by atoms with Gasteiger partial charge in [-0.3, -0.25) is 19.6 Å². The maximum atomic E-state index is 12.5. The molecule has 2 aliphatic rings. The second-order valence-corrected chi connectivity index (χ2v) is 6.63. The molecule has 0 saturated carbocycles. The summed E-state index contributed by atoms with van der Waals surface area (Å²) >= 11 is 0. The third-order valence-corrected chi connectivity index (χ3v) is 4.88. The molecule has 2 aromatic heterocycles. The Balaban J connectivity index is 1.45. The van der Waals surface area contributed by atoms with Crippen LogP contribution in [0.1, 0.15) is 18.5 Å². The number of amides is 1. The summed E-state index contributed by atoms with van der Waals surface area (Å²) in [7, 11) is 0. The standard InChI is InChI=1S/C18H20N4O/c23-17-11-18(14-22(17)16-6-2-4-9-20-16)7-10-21(13-18)12-15-5-1-3-8-19-15/h1-6,8-9H,7,10-14H2. The third-order valence-electron chi connectivity index (χ3n) is 4.88. The van der Waals surface area contributed by atoms with Crippen molar-refractivity contribution in [3.05, 3.63) is 54.5 Å². The molecule has 1 unspecified atom stereocenters. The van der Waals surface area contributed by atoms with Crippen molar-refractivity contribution in [1.29, 1.82) is 0 Å². The Hall–Kier alpha value is -2.27. The molecule has 4 heterocycles. The number of pyridine rings is 2. The average Bonchev–Trinajstić information content (AvgIpc) is 3.12. The lowest BCUT2D eigenvalue weighted by molar-refractivity contribution is -0.117. The number of likely N-dealkylation sites (tertiary alicyclic amines) is 1. The van der Waals surface area contributed by atoms with E-state index < -0.39 is 0 Å². The molecule has 0 radical (unpaired) electrons. The number of aromatic nitrogens is 2. The molecule has 5 heteroatoms. The van der Waals surface area contributed by atoms with Gasteiger partial charge in [-0.25, -0.2) is 4.98 Å². The molecule has 2 fully saturated rings. The van der Waals surface area contributed by atoms with Crippen LogP contribution >= 0.6 is 0 Å². The zero-order valence-electron chi connectivity index (χ0n) is 13.1. The lowest BCUT2D eigenvalue weighted by Gasteiger charge is -2.23. The molecule has 118 valence electrons. The van der Waals surface area contributed by atoms with E-state index in [9.17, 15) is 4.79 Å². The van der Waals surface area contributed by atoms with Gasteiger partial charge in [-0.1, -0.05) is 12.1 Å². The molecule has 0 bridgehead atoms. The van der Waals surface area contributed by atoms with Crippen molar-refractivity contribution in [1.82, 2.24) is 14.9 Å². The summed E-state index contributed by atoms with van der Waals surface area (Å²) < 4.78 is 0. The highest BCUT2D eigenvalue weighted by Crippen LogP contribution is 2.41. The number of nitrogens with zero attached hydrogens (tertiary/aromatic N) is 4. The number of carbonyl (C=O) groups is 1. The summed E-state index contributed by atoms with van der Waals surface area (Å²) in [5, 5.41) is 0. The summed E-state index contributed by atoms with van der Waals surface area (Å²) in [5.41, 5.74) is 1.17. The van der Waals surface area contributed by atoms with Crippen LogP contribution in [0.5, 0.6) is 0 Å². The van der Waals surface area contributed by atoms with Gasteiger partial charge < -0.3 is 0 Å². The van der Waals surface area contributed by atoms with Gasteiger partial charge >= 0.3 is 0 Å². The Morgan fingerprint density at radius 2 is 1.87 bits per heavy atom. The third kappa shape index (κ3) is 2.84. The van der Waals surface area contributed by atoms with E-state index in [4.69, 9.17) is 0 Å². The predicted octanol–water partition coefficient (Wildman–Crippen LogP) is 2.11. The highest BCUT2D eigenvalue weighted by atomic mass is 16.2. The van der Waals surface area contributed by atoms with E-state index in [1.807, 2.05) is 41.4 Å². The molecule has 0 aliphatic carbocycles. The van der Waals surface area contributed by atoms with Gasteiger partial charge in [0.2, 0.25) is 5.91 Å². The van der Waals surface area contributed by atoms with Crippen molar-refractivity contribution in [2.45, 2.75) is 19.4 Å². The van der Waals surface area contributed by atoms with Crippen LogP contribution in [0.3, 0.4) is 0 Å². The van der Waals surface area contributed by atoms with Crippen LogP contribution < -0.4 is 4.90 Å². The van der Waals surface area contributed by atoms with Gasteiger partial charge in [-0.2, -0.15) is 0 Å². The normalized spacial score (nSPS) is 24.7. The fourth-order valence-electron chi connectivity index (χ4n) is 3.77. The zero-order valence-corrected chi connectivity index (χ0v) is 13.1.